The molecule has 20 heavy (non-hydrogen) atoms. The number of carboxylic acid groups (broad SMARTS) is 1. The molecule has 1 N–H and O–H groups in total. The van der Waals surface area contributed by atoms with E-state index in [4.69, 9.17) is 21.4 Å². The monoisotopic (exact) mass is 292 g/mol. The van der Waals surface area contributed by atoms with E-state index in [-0.39, 0.29) is 10.8 Å². The zero-order valence-electron chi connectivity index (χ0n) is 10.2. The smallest absolute Gasteiger partial charge is 0.328 e. The molecule has 0 aliphatic carbocycles. The van der Waals surface area contributed by atoms with E-state index in [1.807, 2.05) is 0 Å². The summed E-state index contributed by atoms with van der Waals surface area (Å²) in [6, 6.07) is 11.1. The third-order valence-corrected chi connectivity index (χ3v) is 2.71. The second kappa shape index (κ2) is 6.21. The first-order valence-corrected chi connectivity index (χ1v) is 6.07. The number of carbonyl (C=O) groups is 1. The van der Waals surface area contributed by atoms with Gasteiger partial charge in [-0.2, -0.15) is 0 Å². The normalized spacial score (nSPS) is 10.7. The Labute approximate surface area is 119 Å². The van der Waals surface area contributed by atoms with Crippen LogP contribution >= 0.6 is 11.6 Å². The molecule has 0 atom stereocenters. The highest BCUT2D eigenvalue weighted by atomic mass is 35.5. The molecule has 0 radical (unpaired) electrons. The fourth-order valence-corrected chi connectivity index (χ4v) is 1.70. The summed E-state index contributed by atoms with van der Waals surface area (Å²) in [7, 11) is 0. The van der Waals surface area contributed by atoms with Gasteiger partial charge in [0, 0.05) is 6.08 Å². The second-order valence-electron chi connectivity index (χ2n) is 3.90. The van der Waals surface area contributed by atoms with Gasteiger partial charge in [-0.05, 0) is 35.9 Å². The number of hydrogen-bond acceptors (Lipinski definition) is 2. The molecule has 0 heterocycles. The van der Waals surface area contributed by atoms with Gasteiger partial charge < -0.3 is 9.84 Å². The van der Waals surface area contributed by atoms with E-state index in [1.165, 1.54) is 18.2 Å². The lowest BCUT2D eigenvalue weighted by Gasteiger charge is -2.08. The number of rotatable bonds is 4. The van der Waals surface area contributed by atoms with E-state index in [2.05, 4.69) is 0 Å². The van der Waals surface area contributed by atoms with E-state index >= 15 is 0 Å². The summed E-state index contributed by atoms with van der Waals surface area (Å²) in [6.07, 6.45) is 2.43. The van der Waals surface area contributed by atoms with Crippen LogP contribution in [0.25, 0.3) is 6.08 Å². The number of aliphatic carboxylic acids is 1. The topological polar surface area (TPSA) is 46.5 Å². The van der Waals surface area contributed by atoms with Crippen LogP contribution in [0.15, 0.2) is 48.5 Å². The average molecular weight is 293 g/mol. The molecule has 102 valence electrons. The zero-order chi connectivity index (χ0) is 14.5. The molecule has 0 spiro atoms. The standard InChI is InChI=1S/C15H10ClFO3/c16-12-5-2-6-13(15(12)17)20-11-4-1-3-10(9-11)7-8-14(18)19/h1-9H,(H,18,19)/b8-7+. The Balaban J connectivity index is 2.24. The number of benzene rings is 2. The number of ether oxygens (including phenoxy) is 1. The first kappa shape index (κ1) is 14.1. The van der Waals surface area contributed by atoms with Crippen LogP contribution in [0.2, 0.25) is 5.02 Å². The predicted octanol–water partition coefficient (Wildman–Crippen LogP) is 4.37. The Morgan fingerprint density at radius 1 is 1.25 bits per heavy atom. The fourth-order valence-electron chi connectivity index (χ4n) is 1.54. The van der Waals surface area contributed by atoms with Crippen molar-refractivity contribution < 1.29 is 19.0 Å². The zero-order valence-corrected chi connectivity index (χ0v) is 11.0. The molecule has 0 aliphatic rings. The van der Waals surface area contributed by atoms with Gasteiger partial charge in [0.25, 0.3) is 0 Å². The maximum absolute atomic E-state index is 13.7. The van der Waals surface area contributed by atoms with Crippen molar-refractivity contribution in [3.05, 3.63) is 64.9 Å². The minimum atomic E-state index is -1.04. The van der Waals surface area contributed by atoms with Gasteiger partial charge in [-0.15, -0.1) is 0 Å². The van der Waals surface area contributed by atoms with Gasteiger partial charge in [-0.3, -0.25) is 0 Å². The predicted molar refractivity (Wildman–Crippen MR) is 74.6 cm³/mol. The van der Waals surface area contributed by atoms with Crippen LogP contribution < -0.4 is 4.74 Å². The number of hydrogen-bond donors (Lipinski definition) is 1. The summed E-state index contributed by atoms with van der Waals surface area (Å²) in [6.45, 7) is 0. The van der Waals surface area contributed by atoms with Crippen molar-refractivity contribution in [3.8, 4) is 11.5 Å². The highest BCUT2D eigenvalue weighted by Crippen LogP contribution is 2.29. The van der Waals surface area contributed by atoms with Crippen LogP contribution in [0.1, 0.15) is 5.56 Å². The van der Waals surface area contributed by atoms with Gasteiger partial charge in [-0.25, -0.2) is 9.18 Å². The Kier molecular flexibility index (Phi) is 4.38. The Hall–Kier alpha value is -2.33. The summed E-state index contributed by atoms with van der Waals surface area (Å²) in [5.74, 6) is -1.28. The summed E-state index contributed by atoms with van der Waals surface area (Å²) < 4.78 is 19.1. The third kappa shape index (κ3) is 3.59. The van der Waals surface area contributed by atoms with Crippen molar-refractivity contribution in [1.29, 1.82) is 0 Å². The minimum absolute atomic E-state index is 0.0110. The fraction of sp³-hybridized carbons (Fsp3) is 0. The molecule has 5 heteroatoms. The first-order chi connectivity index (χ1) is 9.56. The number of halogens is 2. The van der Waals surface area contributed by atoms with Crippen LogP contribution in [0.5, 0.6) is 11.5 Å². The average Bonchev–Trinajstić information content (AvgIpc) is 2.42. The van der Waals surface area contributed by atoms with E-state index < -0.39 is 11.8 Å². The molecule has 0 bridgehead atoms. The van der Waals surface area contributed by atoms with E-state index in [9.17, 15) is 9.18 Å². The molecular formula is C15H10ClFO3. The van der Waals surface area contributed by atoms with Crippen molar-refractivity contribution >= 4 is 23.6 Å². The second-order valence-corrected chi connectivity index (χ2v) is 4.31. The molecule has 3 nitrogen and oxygen atoms in total. The van der Waals surface area contributed by atoms with Crippen LogP contribution in [-0.2, 0) is 4.79 Å². The summed E-state index contributed by atoms with van der Waals surface area (Å²) in [5, 5.41) is 8.54. The first-order valence-electron chi connectivity index (χ1n) is 5.69. The van der Waals surface area contributed by atoms with Crippen LogP contribution in [-0.4, -0.2) is 11.1 Å². The van der Waals surface area contributed by atoms with Gasteiger partial charge in [0.1, 0.15) is 5.75 Å². The lowest BCUT2D eigenvalue weighted by Crippen LogP contribution is -1.90. The molecule has 0 unspecified atom stereocenters. The highest BCUT2D eigenvalue weighted by Gasteiger charge is 2.08. The minimum Gasteiger partial charge on any atom is -0.478 e. The molecule has 2 aromatic carbocycles. The Bertz CT molecular complexity index is 668. The van der Waals surface area contributed by atoms with Crippen LogP contribution in [0.3, 0.4) is 0 Å². The van der Waals surface area contributed by atoms with E-state index in [1.54, 1.807) is 30.3 Å². The number of carboxylic acids is 1. The molecule has 2 aromatic rings. The van der Waals surface area contributed by atoms with Crippen molar-refractivity contribution in [3.63, 3.8) is 0 Å². The van der Waals surface area contributed by atoms with Crippen LogP contribution in [0, 0.1) is 5.82 Å². The van der Waals surface area contributed by atoms with Gasteiger partial charge in [0.05, 0.1) is 5.02 Å². The maximum atomic E-state index is 13.7. The molecule has 0 saturated carbocycles. The third-order valence-electron chi connectivity index (χ3n) is 2.42. The molecule has 0 fully saturated rings. The lowest BCUT2D eigenvalue weighted by atomic mass is 10.2. The molecule has 2 rings (SSSR count). The summed E-state index contributed by atoms with van der Waals surface area (Å²) in [4.78, 5) is 10.4. The van der Waals surface area contributed by atoms with E-state index in [0.717, 1.165) is 6.08 Å². The molecule has 0 saturated heterocycles. The van der Waals surface area contributed by atoms with Gasteiger partial charge in [0.15, 0.2) is 11.6 Å². The molecule has 0 aromatic heterocycles. The van der Waals surface area contributed by atoms with Crippen molar-refractivity contribution in [1.82, 2.24) is 0 Å². The van der Waals surface area contributed by atoms with Gasteiger partial charge in [-0.1, -0.05) is 29.8 Å². The van der Waals surface area contributed by atoms with Crippen molar-refractivity contribution in [2.45, 2.75) is 0 Å². The summed E-state index contributed by atoms with van der Waals surface area (Å²) >= 11 is 5.66. The van der Waals surface area contributed by atoms with E-state index in [0.29, 0.717) is 11.3 Å². The van der Waals surface area contributed by atoms with Crippen molar-refractivity contribution in [2.75, 3.05) is 0 Å². The highest BCUT2D eigenvalue weighted by molar-refractivity contribution is 6.30. The molecule has 0 aliphatic heterocycles. The lowest BCUT2D eigenvalue weighted by molar-refractivity contribution is -0.131. The molecular weight excluding hydrogens is 283 g/mol. The summed E-state index contributed by atoms with van der Waals surface area (Å²) in [5.41, 5.74) is 0.632. The van der Waals surface area contributed by atoms with Crippen molar-refractivity contribution in [2.24, 2.45) is 0 Å². The largest absolute Gasteiger partial charge is 0.478 e. The Morgan fingerprint density at radius 3 is 2.75 bits per heavy atom. The molecule has 0 amide bonds. The van der Waals surface area contributed by atoms with Gasteiger partial charge >= 0.3 is 5.97 Å². The Morgan fingerprint density at radius 2 is 2.00 bits per heavy atom. The quantitative estimate of drug-likeness (QED) is 0.851. The van der Waals surface area contributed by atoms with Crippen LogP contribution in [0.4, 0.5) is 4.39 Å². The SMILES string of the molecule is O=C(O)/C=C/c1cccc(Oc2cccc(Cl)c2F)c1. The maximum Gasteiger partial charge on any atom is 0.328 e. The van der Waals surface area contributed by atoms with Gasteiger partial charge in [0.2, 0.25) is 0 Å².